The van der Waals surface area contributed by atoms with Crippen molar-refractivity contribution in [1.82, 2.24) is 10.2 Å². The van der Waals surface area contributed by atoms with Gasteiger partial charge in [0.2, 0.25) is 5.91 Å². The molecule has 1 heterocycles. The van der Waals surface area contributed by atoms with E-state index in [1.165, 1.54) is 18.0 Å². The molecule has 6 heteroatoms. The van der Waals surface area contributed by atoms with Gasteiger partial charge < -0.3 is 10.1 Å². The smallest absolute Gasteiger partial charge is 0.410 e. The molecule has 0 aromatic heterocycles. The maximum atomic E-state index is 13.7. The van der Waals surface area contributed by atoms with Crippen molar-refractivity contribution < 1.29 is 18.7 Å². The molecule has 0 spiro atoms. The SMILES string of the molecule is CN(C(=O)Oc1ccc(-c2ccccc2F)cc1)[C@H]1CNC1=O. The van der Waals surface area contributed by atoms with E-state index < -0.39 is 12.1 Å². The first-order chi connectivity index (χ1) is 11.1. The molecule has 1 aliphatic rings. The van der Waals surface area contributed by atoms with Crippen molar-refractivity contribution in [3.63, 3.8) is 0 Å². The number of amides is 2. The zero-order valence-corrected chi connectivity index (χ0v) is 12.5. The van der Waals surface area contributed by atoms with E-state index >= 15 is 0 Å². The number of halogens is 1. The van der Waals surface area contributed by atoms with Crippen LogP contribution >= 0.6 is 0 Å². The van der Waals surface area contributed by atoms with Crippen LogP contribution in [0.2, 0.25) is 0 Å². The van der Waals surface area contributed by atoms with E-state index in [0.29, 0.717) is 23.4 Å². The van der Waals surface area contributed by atoms with E-state index in [9.17, 15) is 14.0 Å². The van der Waals surface area contributed by atoms with E-state index in [2.05, 4.69) is 5.32 Å². The summed E-state index contributed by atoms with van der Waals surface area (Å²) in [6.45, 7) is 0.427. The quantitative estimate of drug-likeness (QED) is 0.885. The molecular weight excluding hydrogens is 299 g/mol. The van der Waals surface area contributed by atoms with Crippen LogP contribution in [-0.4, -0.2) is 36.5 Å². The van der Waals surface area contributed by atoms with Crippen molar-refractivity contribution >= 4 is 12.0 Å². The first-order valence-electron chi connectivity index (χ1n) is 7.13. The molecule has 3 rings (SSSR count). The van der Waals surface area contributed by atoms with Crippen molar-refractivity contribution in [2.75, 3.05) is 13.6 Å². The highest BCUT2D eigenvalue weighted by atomic mass is 19.1. The van der Waals surface area contributed by atoms with Crippen molar-refractivity contribution in [3.05, 3.63) is 54.3 Å². The molecule has 2 aromatic rings. The molecule has 1 atom stereocenters. The summed E-state index contributed by atoms with van der Waals surface area (Å²) in [4.78, 5) is 24.5. The lowest BCUT2D eigenvalue weighted by Crippen LogP contribution is -2.62. The summed E-state index contributed by atoms with van der Waals surface area (Å²) in [5.74, 6) is -0.172. The van der Waals surface area contributed by atoms with Crippen LogP contribution in [0.5, 0.6) is 5.75 Å². The minimum absolute atomic E-state index is 0.195. The normalized spacial score (nSPS) is 16.3. The van der Waals surface area contributed by atoms with Gasteiger partial charge in [-0.1, -0.05) is 30.3 Å². The lowest BCUT2D eigenvalue weighted by molar-refractivity contribution is -0.131. The average molecular weight is 314 g/mol. The fraction of sp³-hybridized carbons (Fsp3) is 0.176. The number of benzene rings is 2. The highest BCUT2D eigenvalue weighted by Crippen LogP contribution is 2.25. The molecule has 5 nitrogen and oxygen atoms in total. The molecule has 2 amide bonds. The molecule has 1 aliphatic heterocycles. The predicted molar refractivity (Wildman–Crippen MR) is 82.4 cm³/mol. The lowest BCUT2D eigenvalue weighted by atomic mass is 10.1. The second-order valence-corrected chi connectivity index (χ2v) is 5.24. The highest BCUT2D eigenvalue weighted by molar-refractivity contribution is 5.91. The Morgan fingerprint density at radius 3 is 2.48 bits per heavy atom. The Bertz CT molecular complexity index is 746. The van der Waals surface area contributed by atoms with Gasteiger partial charge in [-0.3, -0.25) is 9.69 Å². The second kappa shape index (κ2) is 6.08. The van der Waals surface area contributed by atoms with Crippen LogP contribution in [0.3, 0.4) is 0 Å². The number of β-lactam (4-membered cyclic amide) rings is 1. The van der Waals surface area contributed by atoms with Gasteiger partial charge in [-0.05, 0) is 23.8 Å². The van der Waals surface area contributed by atoms with E-state index in [-0.39, 0.29) is 11.7 Å². The number of hydrogen-bond acceptors (Lipinski definition) is 3. The fourth-order valence-corrected chi connectivity index (χ4v) is 2.29. The Balaban J connectivity index is 1.69. The van der Waals surface area contributed by atoms with Crippen LogP contribution in [-0.2, 0) is 4.79 Å². The Labute approximate surface area is 132 Å². The zero-order valence-electron chi connectivity index (χ0n) is 12.5. The standard InChI is InChI=1S/C17H15FN2O3/c1-20(15-10-19-16(15)21)17(22)23-12-8-6-11(7-9-12)13-4-2-3-5-14(13)18/h2-9,15H,10H2,1H3,(H,19,21)/t15-/m0/s1. The summed E-state index contributed by atoms with van der Waals surface area (Å²) in [7, 11) is 1.51. The monoisotopic (exact) mass is 314 g/mol. The van der Waals surface area contributed by atoms with Crippen molar-refractivity contribution in [3.8, 4) is 16.9 Å². The highest BCUT2D eigenvalue weighted by Gasteiger charge is 2.35. The van der Waals surface area contributed by atoms with Crippen molar-refractivity contribution in [2.45, 2.75) is 6.04 Å². The van der Waals surface area contributed by atoms with Gasteiger partial charge in [0.1, 0.15) is 17.6 Å². The van der Waals surface area contributed by atoms with Gasteiger partial charge in [0.25, 0.3) is 0 Å². The molecule has 1 N–H and O–H groups in total. The molecule has 2 aromatic carbocycles. The third-order valence-corrected chi connectivity index (χ3v) is 3.77. The second-order valence-electron chi connectivity index (χ2n) is 5.24. The molecule has 23 heavy (non-hydrogen) atoms. The molecule has 0 aliphatic carbocycles. The van der Waals surface area contributed by atoms with Crippen LogP contribution in [0, 0.1) is 5.82 Å². The summed E-state index contributed by atoms with van der Waals surface area (Å²) in [6, 6.07) is 12.5. The van der Waals surface area contributed by atoms with Crippen LogP contribution in [0.25, 0.3) is 11.1 Å². The minimum Gasteiger partial charge on any atom is -0.410 e. The third kappa shape index (κ3) is 3.01. The number of rotatable bonds is 3. The predicted octanol–water partition coefficient (Wildman–Crippen LogP) is 2.42. The molecular formula is C17H15FN2O3. The molecule has 1 fully saturated rings. The Hall–Kier alpha value is -2.89. The van der Waals surface area contributed by atoms with Gasteiger partial charge in [-0.25, -0.2) is 9.18 Å². The maximum Gasteiger partial charge on any atom is 0.415 e. The van der Waals surface area contributed by atoms with Crippen LogP contribution in [0.4, 0.5) is 9.18 Å². The lowest BCUT2D eigenvalue weighted by Gasteiger charge is -2.33. The number of ether oxygens (including phenoxy) is 1. The van der Waals surface area contributed by atoms with E-state index in [1.807, 2.05) is 0 Å². The number of nitrogens with one attached hydrogen (secondary N) is 1. The molecule has 0 bridgehead atoms. The largest absolute Gasteiger partial charge is 0.415 e. The Morgan fingerprint density at radius 1 is 1.22 bits per heavy atom. The van der Waals surface area contributed by atoms with Crippen molar-refractivity contribution in [2.24, 2.45) is 0 Å². The number of carbonyl (C=O) groups is 2. The minimum atomic E-state index is -0.608. The summed E-state index contributed by atoms with van der Waals surface area (Å²) < 4.78 is 18.9. The van der Waals surface area contributed by atoms with E-state index in [0.717, 1.165) is 0 Å². The van der Waals surface area contributed by atoms with Gasteiger partial charge in [-0.2, -0.15) is 0 Å². The number of hydrogen-bond donors (Lipinski definition) is 1. The first-order valence-corrected chi connectivity index (χ1v) is 7.13. The van der Waals surface area contributed by atoms with Crippen molar-refractivity contribution in [1.29, 1.82) is 0 Å². The molecule has 0 radical (unpaired) electrons. The molecule has 1 saturated heterocycles. The van der Waals surface area contributed by atoms with Gasteiger partial charge in [0.15, 0.2) is 0 Å². The van der Waals surface area contributed by atoms with E-state index in [4.69, 9.17) is 4.74 Å². The number of carbonyl (C=O) groups excluding carboxylic acids is 2. The van der Waals surface area contributed by atoms with Crippen LogP contribution < -0.4 is 10.1 Å². The number of likely N-dealkylation sites (N-methyl/N-ethyl adjacent to an activating group) is 1. The van der Waals surface area contributed by atoms with Gasteiger partial charge in [0.05, 0.1) is 0 Å². The maximum absolute atomic E-state index is 13.7. The van der Waals surface area contributed by atoms with Gasteiger partial charge in [-0.15, -0.1) is 0 Å². The van der Waals surface area contributed by atoms with Gasteiger partial charge >= 0.3 is 6.09 Å². The molecule has 118 valence electrons. The summed E-state index contributed by atoms with van der Waals surface area (Å²) in [5.41, 5.74) is 1.17. The Kier molecular flexibility index (Phi) is 3.97. The number of nitrogens with zero attached hydrogens (tertiary/aromatic N) is 1. The first kappa shape index (κ1) is 15.0. The van der Waals surface area contributed by atoms with E-state index in [1.54, 1.807) is 42.5 Å². The fourth-order valence-electron chi connectivity index (χ4n) is 2.29. The molecule has 0 unspecified atom stereocenters. The topological polar surface area (TPSA) is 58.6 Å². The average Bonchev–Trinajstić information content (AvgIpc) is 2.54. The van der Waals surface area contributed by atoms with Crippen LogP contribution in [0.1, 0.15) is 0 Å². The summed E-state index contributed by atoms with van der Waals surface area (Å²) >= 11 is 0. The summed E-state index contributed by atoms with van der Waals surface area (Å²) in [5, 5.41) is 2.57. The Morgan fingerprint density at radius 2 is 1.91 bits per heavy atom. The molecule has 0 saturated carbocycles. The summed E-state index contributed by atoms with van der Waals surface area (Å²) in [6.07, 6.45) is -0.608. The third-order valence-electron chi connectivity index (χ3n) is 3.77. The zero-order chi connectivity index (χ0) is 16.4. The van der Waals surface area contributed by atoms with Gasteiger partial charge in [0, 0.05) is 19.2 Å². The van der Waals surface area contributed by atoms with Crippen LogP contribution in [0.15, 0.2) is 48.5 Å².